The van der Waals surface area contributed by atoms with Gasteiger partial charge in [0.15, 0.2) is 0 Å². The van der Waals surface area contributed by atoms with Crippen molar-refractivity contribution in [2.24, 2.45) is 0 Å². The molecule has 0 atom stereocenters. The summed E-state index contributed by atoms with van der Waals surface area (Å²) < 4.78 is 6.64. The zero-order chi connectivity index (χ0) is 36.7. The number of nitrogens with zero attached hydrogens (tertiary/aromatic N) is 1. The van der Waals surface area contributed by atoms with Crippen molar-refractivity contribution in [1.29, 1.82) is 0 Å². The van der Waals surface area contributed by atoms with Crippen molar-refractivity contribution in [3.63, 3.8) is 0 Å². The minimum absolute atomic E-state index is 0.119. The molecular weight excluding hydrogens is 667 g/mol. The van der Waals surface area contributed by atoms with Crippen LogP contribution in [0.3, 0.4) is 0 Å². The molecule has 2 heteroatoms. The summed E-state index contributed by atoms with van der Waals surface area (Å²) in [6.07, 6.45) is 0. The first-order valence-electron chi connectivity index (χ1n) is 19.1. The predicted octanol–water partition coefficient (Wildman–Crippen LogP) is 15.0. The van der Waals surface area contributed by atoms with Crippen LogP contribution in [0.1, 0.15) is 25.0 Å². The molecule has 0 bridgehead atoms. The first-order valence-corrected chi connectivity index (χ1v) is 19.1. The highest BCUT2D eigenvalue weighted by Gasteiger charge is 2.36. The number of anilines is 3. The van der Waals surface area contributed by atoms with Crippen molar-refractivity contribution < 1.29 is 4.42 Å². The Morgan fingerprint density at radius 3 is 1.84 bits per heavy atom. The number of benzene rings is 9. The van der Waals surface area contributed by atoms with Crippen LogP contribution in [0.15, 0.2) is 192 Å². The highest BCUT2D eigenvalue weighted by Crippen LogP contribution is 2.51. The van der Waals surface area contributed by atoms with Crippen LogP contribution < -0.4 is 4.90 Å². The van der Waals surface area contributed by atoms with E-state index in [1.807, 2.05) is 0 Å². The summed E-state index contributed by atoms with van der Waals surface area (Å²) in [4.78, 5) is 2.43. The molecule has 0 saturated carbocycles. The first kappa shape index (κ1) is 31.6. The zero-order valence-corrected chi connectivity index (χ0v) is 30.8. The normalized spacial score (nSPS) is 13.1. The van der Waals surface area contributed by atoms with E-state index in [0.29, 0.717) is 0 Å². The maximum Gasteiger partial charge on any atom is 0.143 e. The van der Waals surface area contributed by atoms with Gasteiger partial charge in [-0.1, -0.05) is 153 Å². The minimum Gasteiger partial charge on any atom is -0.455 e. The molecule has 2 nitrogen and oxygen atoms in total. The van der Waals surface area contributed by atoms with Gasteiger partial charge in [-0.2, -0.15) is 0 Å². The third kappa shape index (κ3) is 4.95. The maximum atomic E-state index is 6.64. The summed E-state index contributed by atoms with van der Waals surface area (Å²) in [5.41, 5.74) is 15.0. The number of fused-ring (bicyclic) bond motifs is 8. The molecule has 1 aliphatic carbocycles. The van der Waals surface area contributed by atoms with Gasteiger partial charge in [0, 0.05) is 38.7 Å². The minimum atomic E-state index is -0.119. The predicted molar refractivity (Wildman–Crippen MR) is 232 cm³/mol. The Morgan fingerprint density at radius 2 is 1.02 bits per heavy atom. The summed E-state index contributed by atoms with van der Waals surface area (Å²) in [5.74, 6) is 0. The number of para-hydroxylation sites is 2. The van der Waals surface area contributed by atoms with Gasteiger partial charge in [0.1, 0.15) is 11.2 Å². The molecule has 1 heterocycles. The van der Waals surface area contributed by atoms with Gasteiger partial charge in [0.05, 0.1) is 5.69 Å². The van der Waals surface area contributed by atoms with Crippen LogP contribution in [-0.4, -0.2) is 0 Å². The molecule has 0 aliphatic heterocycles. The fourth-order valence-corrected chi connectivity index (χ4v) is 9.03. The SMILES string of the molecule is CC1(C)c2ccccc2-c2ccc(N(c3ccc(-c4cccc5c4oc4cc6ccccc6cc45)cc3)c3ccccc3-c3ccc4ccccc4c3)cc21. The molecule has 1 aromatic heterocycles. The lowest BCUT2D eigenvalue weighted by Crippen LogP contribution is -2.16. The highest BCUT2D eigenvalue weighted by molar-refractivity contribution is 6.13. The molecule has 0 radical (unpaired) electrons. The van der Waals surface area contributed by atoms with E-state index in [4.69, 9.17) is 4.42 Å². The van der Waals surface area contributed by atoms with Gasteiger partial charge in [-0.25, -0.2) is 0 Å². The molecule has 0 N–H and O–H groups in total. The Morgan fingerprint density at radius 1 is 0.400 bits per heavy atom. The van der Waals surface area contributed by atoms with Crippen molar-refractivity contribution in [2.75, 3.05) is 4.90 Å². The quantitative estimate of drug-likeness (QED) is 0.177. The standard InChI is InChI=1S/C53H37NO/c1-53(2)48-20-9-7-17-44(48)45-29-28-41(33-49(45)53)54(50-21-10-8-16-42(50)39-23-22-34-12-3-4-13-36(34)30-39)40-26-24-35(25-27-40)43-18-11-19-46-47-31-37-14-5-6-15-38(37)32-51(47)55-52(43)46/h3-33H,1-2H3. The fraction of sp³-hybridized carbons (Fsp3) is 0.0566. The van der Waals surface area contributed by atoms with Gasteiger partial charge in [-0.15, -0.1) is 0 Å². The smallest absolute Gasteiger partial charge is 0.143 e. The third-order valence-corrected chi connectivity index (χ3v) is 11.8. The van der Waals surface area contributed by atoms with Crippen LogP contribution in [0, 0.1) is 0 Å². The molecule has 11 rings (SSSR count). The second kappa shape index (κ2) is 12.1. The largest absolute Gasteiger partial charge is 0.455 e. The summed E-state index contributed by atoms with van der Waals surface area (Å²) in [6, 6.07) is 68.5. The van der Waals surface area contributed by atoms with Crippen LogP contribution >= 0.6 is 0 Å². The molecule has 10 aromatic rings. The van der Waals surface area contributed by atoms with Crippen molar-refractivity contribution >= 4 is 60.5 Å². The van der Waals surface area contributed by atoms with E-state index in [1.54, 1.807) is 0 Å². The molecule has 0 amide bonds. The molecule has 0 unspecified atom stereocenters. The molecule has 1 aliphatic rings. The lowest BCUT2D eigenvalue weighted by Gasteiger charge is -2.30. The summed E-state index contributed by atoms with van der Waals surface area (Å²) in [6.45, 7) is 4.70. The number of hydrogen-bond acceptors (Lipinski definition) is 2. The van der Waals surface area contributed by atoms with Crippen LogP contribution in [0.25, 0.3) is 76.9 Å². The number of furan rings is 1. The summed E-state index contributed by atoms with van der Waals surface area (Å²) in [7, 11) is 0. The monoisotopic (exact) mass is 703 g/mol. The first-order chi connectivity index (χ1) is 27.0. The molecular formula is C53H37NO. The van der Waals surface area contributed by atoms with Gasteiger partial charge >= 0.3 is 0 Å². The van der Waals surface area contributed by atoms with Crippen molar-refractivity contribution in [2.45, 2.75) is 19.3 Å². The third-order valence-electron chi connectivity index (χ3n) is 11.8. The molecule has 55 heavy (non-hydrogen) atoms. The van der Waals surface area contributed by atoms with E-state index in [2.05, 4.69) is 207 Å². The zero-order valence-electron chi connectivity index (χ0n) is 30.8. The Balaban J connectivity index is 1.07. The van der Waals surface area contributed by atoms with Crippen LogP contribution in [0.5, 0.6) is 0 Å². The Bertz CT molecular complexity index is 3130. The molecule has 0 spiro atoms. The van der Waals surface area contributed by atoms with Crippen molar-refractivity contribution in [3.8, 4) is 33.4 Å². The Kier molecular flexibility index (Phi) is 6.93. The molecule has 0 saturated heterocycles. The van der Waals surface area contributed by atoms with Crippen LogP contribution in [-0.2, 0) is 5.41 Å². The van der Waals surface area contributed by atoms with E-state index in [9.17, 15) is 0 Å². The lowest BCUT2D eigenvalue weighted by atomic mass is 9.82. The van der Waals surface area contributed by atoms with Gasteiger partial charge in [0.25, 0.3) is 0 Å². The topological polar surface area (TPSA) is 16.4 Å². The lowest BCUT2D eigenvalue weighted by molar-refractivity contribution is 0.660. The van der Waals surface area contributed by atoms with Gasteiger partial charge < -0.3 is 9.32 Å². The highest BCUT2D eigenvalue weighted by atomic mass is 16.3. The average molecular weight is 704 g/mol. The summed E-state index contributed by atoms with van der Waals surface area (Å²) >= 11 is 0. The Hall–Kier alpha value is -6.90. The van der Waals surface area contributed by atoms with Crippen molar-refractivity contribution in [3.05, 3.63) is 199 Å². The van der Waals surface area contributed by atoms with E-state index in [-0.39, 0.29) is 5.41 Å². The fourth-order valence-electron chi connectivity index (χ4n) is 9.03. The van der Waals surface area contributed by atoms with Gasteiger partial charge in [-0.3, -0.25) is 0 Å². The second-order valence-corrected chi connectivity index (χ2v) is 15.3. The van der Waals surface area contributed by atoms with Gasteiger partial charge in [-0.05, 0) is 103 Å². The van der Waals surface area contributed by atoms with Crippen molar-refractivity contribution in [1.82, 2.24) is 0 Å². The average Bonchev–Trinajstić information content (AvgIpc) is 3.71. The number of rotatable bonds is 5. The van der Waals surface area contributed by atoms with Crippen LogP contribution in [0.4, 0.5) is 17.1 Å². The van der Waals surface area contributed by atoms with Gasteiger partial charge in [0.2, 0.25) is 0 Å². The van der Waals surface area contributed by atoms with Crippen LogP contribution in [0.2, 0.25) is 0 Å². The Labute approximate surface area is 320 Å². The second-order valence-electron chi connectivity index (χ2n) is 15.3. The number of hydrogen-bond donors (Lipinski definition) is 0. The van der Waals surface area contributed by atoms with E-state index in [0.717, 1.165) is 50.1 Å². The molecule has 260 valence electrons. The maximum absolute atomic E-state index is 6.64. The molecule has 9 aromatic carbocycles. The van der Waals surface area contributed by atoms with E-state index >= 15 is 0 Å². The van der Waals surface area contributed by atoms with E-state index in [1.165, 1.54) is 54.9 Å². The molecule has 0 fully saturated rings. The summed E-state index contributed by atoms with van der Waals surface area (Å²) in [5, 5.41) is 7.15. The van der Waals surface area contributed by atoms with E-state index < -0.39 is 0 Å².